The van der Waals surface area contributed by atoms with Crippen molar-refractivity contribution in [3.05, 3.63) is 53.6 Å². The topological polar surface area (TPSA) is 90.2 Å². The third kappa shape index (κ3) is 3.78. The number of benzene rings is 2. The Morgan fingerprint density at radius 1 is 1.04 bits per heavy atom. The molecule has 24 heavy (non-hydrogen) atoms. The number of rotatable bonds is 6. The fourth-order valence-electron chi connectivity index (χ4n) is 2.63. The molecular formula is C18H19NO5. The third-order valence-electron chi connectivity index (χ3n) is 4.08. The van der Waals surface area contributed by atoms with E-state index in [9.17, 15) is 15.0 Å². The van der Waals surface area contributed by atoms with E-state index < -0.39 is 5.97 Å². The second-order valence-corrected chi connectivity index (χ2v) is 5.98. The van der Waals surface area contributed by atoms with Crippen LogP contribution >= 0.6 is 0 Å². The van der Waals surface area contributed by atoms with Crippen molar-refractivity contribution in [2.75, 3.05) is 13.1 Å². The van der Waals surface area contributed by atoms with Crippen LogP contribution in [0.2, 0.25) is 0 Å². The lowest BCUT2D eigenvalue weighted by atomic mass is 10.00. The van der Waals surface area contributed by atoms with Crippen LogP contribution < -0.4 is 4.74 Å². The molecular weight excluding hydrogens is 310 g/mol. The van der Waals surface area contributed by atoms with E-state index in [1.165, 1.54) is 12.1 Å². The van der Waals surface area contributed by atoms with Gasteiger partial charge in [0, 0.05) is 19.6 Å². The predicted octanol–water partition coefficient (Wildman–Crippen LogP) is 2.19. The molecule has 0 amide bonds. The Hall–Kier alpha value is -2.73. The highest BCUT2D eigenvalue weighted by Gasteiger charge is 2.32. The van der Waals surface area contributed by atoms with E-state index in [1.807, 2.05) is 24.3 Å². The van der Waals surface area contributed by atoms with Crippen LogP contribution in [-0.4, -0.2) is 39.3 Å². The van der Waals surface area contributed by atoms with E-state index in [0.29, 0.717) is 25.4 Å². The lowest BCUT2D eigenvalue weighted by molar-refractivity contribution is -0.147. The Morgan fingerprint density at radius 3 is 2.33 bits per heavy atom. The van der Waals surface area contributed by atoms with Crippen molar-refractivity contribution < 1.29 is 24.9 Å². The number of carbonyl (C=O) groups is 1. The van der Waals surface area contributed by atoms with Gasteiger partial charge < -0.3 is 20.1 Å². The second-order valence-electron chi connectivity index (χ2n) is 5.98. The predicted molar refractivity (Wildman–Crippen MR) is 86.9 cm³/mol. The first kappa shape index (κ1) is 16.1. The number of carboxylic acids is 1. The van der Waals surface area contributed by atoms with E-state index in [2.05, 4.69) is 4.90 Å². The summed E-state index contributed by atoms with van der Waals surface area (Å²) < 4.78 is 5.65. The van der Waals surface area contributed by atoms with Gasteiger partial charge in [0.25, 0.3) is 0 Å². The van der Waals surface area contributed by atoms with Crippen LogP contribution in [-0.2, 0) is 17.9 Å². The summed E-state index contributed by atoms with van der Waals surface area (Å²) >= 11 is 0. The molecule has 3 N–H and O–H groups in total. The van der Waals surface area contributed by atoms with Crippen molar-refractivity contribution in [3.8, 4) is 17.2 Å². The summed E-state index contributed by atoms with van der Waals surface area (Å²) in [6.45, 7) is 2.21. The minimum atomic E-state index is -0.727. The molecule has 6 nitrogen and oxygen atoms in total. The molecule has 6 heteroatoms. The Balaban J connectivity index is 1.49. The highest BCUT2D eigenvalue weighted by atomic mass is 16.5. The molecule has 126 valence electrons. The quantitative estimate of drug-likeness (QED) is 0.704. The highest BCUT2D eigenvalue weighted by Crippen LogP contribution is 2.26. The van der Waals surface area contributed by atoms with Crippen molar-refractivity contribution in [2.24, 2.45) is 5.92 Å². The summed E-state index contributed by atoms with van der Waals surface area (Å²) in [7, 11) is 0. The lowest BCUT2D eigenvalue weighted by Crippen LogP contribution is -2.49. The number of nitrogens with zero attached hydrogens (tertiary/aromatic N) is 1. The van der Waals surface area contributed by atoms with Crippen molar-refractivity contribution in [1.29, 1.82) is 0 Å². The minimum absolute atomic E-state index is 0.153. The molecule has 1 saturated heterocycles. The van der Waals surface area contributed by atoms with E-state index in [-0.39, 0.29) is 17.4 Å². The van der Waals surface area contributed by atoms with E-state index in [0.717, 1.165) is 17.7 Å². The van der Waals surface area contributed by atoms with Crippen molar-refractivity contribution in [2.45, 2.75) is 13.2 Å². The molecule has 1 fully saturated rings. The van der Waals surface area contributed by atoms with Gasteiger partial charge in [0.15, 0.2) is 11.5 Å². The number of aliphatic carboxylic acids is 1. The molecule has 0 aromatic heterocycles. The average molecular weight is 329 g/mol. The average Bonchev–Trinajstić information content (AvgIpc) is 2.52. The number of phenols is 2. The van der Waals surface area contributed by atoms with Crippen molar-refractivity contribution in [3.63, 3.8) is 0 Å². The van der Waals surface area contributed by atoms with Crippen LogP contribution in [0.4, 0.5) is 0 Å². The fourth-order valence-corrected chi connectivity index (χ4v) is 2.63. The largest absolute Gasteiger partial charge is 0.504 e. The van der Waals surface area contributed by atoms with E-state index in [4.69, 9.17) is 9.84 Å². The van der Waals surface area contributed by atoms with Gasteiger partial charge in [-0.15, -0.1) is 0 Å². The Bertz CT molecular complexity index is 723. The SMILES string of the molecule is O=C(O)C1CN(Cc2ccc(OCc3ccc(O)c(O)c3)cc2)C1. The molecule has 2 aromatic rings. The molecule has 0 saturated carbocycles. The zero-order chi connectivity index (χ0) is 17.1. The number of hydrogen-bond acceptors (Lipinski definition) is 5. The maximum Gasteiger partial charge on any atom is 0.309 e. The first-order valence-electron chi connectivity index (χ1n) is 7.69. The summed E-state index contributed by atoms with van der Waals surface area (Å²) in [5.74, 6) is -0.581. The van der Waals surface area contributed by atoms with Gasteiger partial charge in [0.05, 0.1) is 5.92 Å². The zero-order valence-corrected chi connectivity index (χ0v) is 13.1. The summed E-state index contributed by atoms with van der Waals surface area (Å²) in [4.78, 5) is 12.9. The van der Waals surface area contributed by atoms with Gasteiger partial charge in [0.1, 0.15) is 12.4 Å². The monoisotopic (exact) mass is 329 g/mol. The Morgan fingerprint density at radius 2 is 1.71 bits per heavy atom. The zero-order valence-electron chi connectivity index (χ0n) is 13.1. The van der Waals surface area contributed by atoms with Gasteiger partial charge in [-0.2, -0.15) is 0 Å². The van der Waals surface area contributed by atoms with Gasteiger partial charge in [-0.05, 0) is 35.4 Å². The third-order valence-corrected chi connectivity index (χ3v) is 4.08. The van der Waals surface area contributed by atoms with Crippen LogP contribution in [0.5, 0.6) is 17.2 Å². The lowest BCUT2D eigenvalue weighted by Gasteiger charge is -2.36. The summed E-state index contributed by atoms with van der Waals surface area (Å²) in [5, 5.41) is 27.6. The molecule has 0 unspecified atom stereocenters. The number of ether oxygens (including phenoxy) is 1. The molecule has 0 atom stereocenters. The summed E-state index contributed by atoms with van der Waals surface area (Å²) in [6.07, 6.45) is 0. The number of likely N-dealkylation sites (tertiary alicyclic amines) is 1. The number of carboxylic acid groups (broad SMARTS) is 1. The molecule has 1 aliphatic heterocycles. The van der Waals surface area contributed by atoms with Crippen molar-refractivity contribution >= 4 is 5.97 Å². The van der Waals surface area contributed by atoms with Crippen LogP contribution in [0.25, 0.3) is 0 Å². The normalized spacial score (nSPS) is 15.0. The van der Waals surface area contributed by atoms with Crippen LogP contribution in [0, 0.1) is 5.92 Å². The molecule has 1 aliphatic rings. The van der Waals surface area contributed by atoms with Crippen LogP contribution in [0.1, 0.15) is 11.1 Å². The molecule has 0 bridgehead atoms. The molecule has 0 spiro atoms. The Kier molecular flexibility index (Phi) is 4.57. The smallest absolute Gasteiger partial charge is 0.309 e. The first-order valence-corrected chi connectivity index (χ1v) is 7.69. The number of aromatic hydroxyl groups is 2. The van der Waals surface area contributed by atoms with Gasteiger partial charge >= 0.3 is 5.97 Å². The standard InChI is InChI=1S/C18H19NO5/c20-16-6-3-13(7-17(16)21)11-24-15-4-1-12(2-5-15)8-19-9-14(10-19)18(22)23/h1-7,14,20-21H,8-11H2,(H,22,23). The summed E-state index contributed by atoms with van der Waals surface area (Å²) in [5.41, 5.74) is 1.86. The maximum atomic E-state index is 10.8. The van der Waals surface area contributed by atoms with Crippen LogP contribution in [0.3, 0.4) is 0 Å². The molecule has 3 rings (SSSR count). The second kappa shape index (κ2) is 6.80. The van der Waals surface area contributed by atoms with Gasteiger partial charge in [-0.3, -0.25) is 9.69 Å². The maximum absolute atomic E-state index is 10.8. The van der Waals surface area contributed by atoms with Gasteiger partial charge in [-0.25, -0.2) is 0 Å². The highest BCUT2D eigenvalue weighted by molar-refractivity contribution is 5.71. The summed E-state index contributed by atoms with van der Waals surface area (Å²) in [6, 6.07) is 12.2. The molecule has 2 aromatic carbocycles. The van der Waals surface area contributed by atoms with Crippen LogP contribution in [0.15, 0.2) is 42.5 Å². The number of hydrogen-bond donors (Lipinski definition) is 3. The van der Waals surface area contributed by atoms with Crippen molar-refractivity contribution in [1.82, 2.24) is 4.90 Å². The van der Waals surface area contributed by atoms with E-state index >= 15 is 0 Å². The fraction of sp³-hybridized carbons (Fsp3) is 0.278. The molecule has 0 radical (unpaired) electrons. The minimum Gasteiger partial charge on any atom is -0.504 e. The number of phenolic OH excluding ortho intramolecular Hbond substituents is 2. The van der Waals surface area contributed by atoms with E-state index in [1.54, 1.807) is 6.07 Å². The molecule has 0 aliphatic carbocycles. The first-order chi connectivity index (χ1) is 11.5. The van der Waals surface area contributed by atoms with Gasteiger partial charge in [0.2, 0.25) is 0 Å². The van der Waals surface area contributed by atoms with Gasteiger partial charge in [-0.1, -0.05) is 18.2 Å². The Labute approximate surface area is 139 Å². The molecule has 1 heterocycles.